The summed E-state index contributed by atoms with van der Waals surface area (Å²) in [6.45, 7) is 0. The molecule has 0 saturated heterocycles. The zero-order chi connectivity index (χ0) is 21.5. The van der Waals surface area contributed by atoms with E-state index in [9.17, 15) is 9.59 Å². The highest BCUT2D eigenvalue weighted by atomic mass is 35.5. The fourth-order valence-corrected chi connectivity index (χ4v) is 3.21. The number of anilines is 1. The highest BCUT2D eigenvalue weighted by Crippen LogP contribution is 2.35. The fourth-order valence-electron chi connectivity index (χ4n) is 2.98. The molecule has 6 nitrogen and oxygen atoms in total. The van der Waals surface area contributed by atoms with Crippen molar-refractivity contribution in [2.45, 2.75) is 6.04 Å². The number of benzene rings is 3. The Kier molecular flexibility index (Phi) is 6.93. The predicted octanol–water partition coefficient (Wildman–Crippen LogP) is 4.20. The summed E-state index contributed by atoms with van der Waals surface area (Å²) in [6.07, 6.45) is 0. The maximum Gasteiger partial charge on any atom is 0.313 e. The molecule has 2 amide bonds. The quantitative estimate of drug-likeness (QED) is 0.581. The van der Waals surface area contributed by atoms with E-state index in [0.717, 1.165) is 11.1 Å². The third-order valence-electron chi connectivity index (χ3n) is 4.47. The van der Waals surface area contributed by atoms with Crippen LogP contribution in [-0.4, -0.2) is 26.0 Å². The van der Waals surface area contributed by atoms with Crippen molar-refractivity contribution in [2.24, 2.45) is 0 Å². The monoisotopic (exact) mass is 424 g/mol. The number of ether oxygens (including phenoxy) is 2. The molecular weight excluding hydrogens is 404 g/mol. The Balaban J connectivity index is 1.82. The molecule has 3 rings (SSSR count). The number of rotatable bonds is 6. The van der Waals surface area contributed by atoms with E-state index in [-0.39, 0.29) is 5.69 Å². The minimum atomic E-state index is -0.838. The Bertz CT molecular complexity index is 987. The normalized spacial score (nSPS) is 10.4. The van der Waals surface area contributed by atoms with Crippen molar-refractivity contribution >= 4 is 29.1 Å². The van der Waals surface area contributed by atoms with Gasteiger partial charge < -0.3 is 20.1 Å². The van der Waals surface area contributed by atoms with E-state index in [1.165, 1.54) is 26.4 Å². The molecular formula is C23H21ClN2O4. The number of halogens is 1. The summed E-state index contributed by atoms with van der Waals surface area (Å²) in [5, 5.41) is 5.68. The fraction of sp³-hybridized carbons (Fsp3) is 0.130. The Hall–Kier alpha value is -3.51. The van der Waals surface area contributed by atoms with Crippen LogP contribution in [0, 0.1) is 0 Å². The number of methoxy groups -OCH3 is 2. The van der Waals surface area contributed by atoms with Gasteiger partial charge >= 0.3 is 11.8 Å². The van der Waals surface area contributed by atoms with Gasteiger partial charge in [0.25, 0.3) is 0 Å². The number of hydrogen-bond acceptors (Lipinski definition) is 4. The SMILES string of the molecule is COc1cc(NC(=O)C(=O)NC(c2ccccc2)c2ccccc2)c(OC)cc1Cl. The van der Waals surface area contributed by atoms with Gasteiger partial charge in [-0.15, -0.1) is 0 Å². The minimum Gasteiger partial charge on any atom is -0.495 e. The van der Waals surface area contributed by atoms with Gasteiger partial charge in [0.15, 0.2) is 0 Å². The lowest BCUT2D eigenvalue weighted by atomic mass is 9.99. The lowest BCUT2D eigenvalue weighted by Crippen LogP contribution is -2.38. The molecule has 0 aliphatic carbocycles. The topological polar surface area (TPSA) is 76.7 Å². The van der Waals surface area contributed by atoms with E-state index >= 15 is 0 Å². The number of nitrogens with one attached hydrogen (secondary N) is 2. The van der Waals surface area contributed by atoms with Gasteiger partial charge in [0.2, 0.25) is 0 Å². The average Bonchev–Trinajstić information content (AvgIpc) is 2.79. The molecule has 0 spiro atoms. The standard InChI is InChI=1S/C23H21ClN2O4/c1-29-19-14-18(20(30-2)13-17(19)24)25-22(27)23(28)26-21(15-9-5-3-6-10-15)16-11-7-4-8-12-16/h3-14,21H,1-2H3,(H,25,27)(H,26,28). The number of hydrogen-bond donors (Lipinski definition) is 2. The summed E-state index contributed by atoms with van der Waals surface area (Å²) in [5.74, 6) is -0.970. The largest absolute Gasteiger partial charge is 0.495 e. The van der Waals surface area contributed by atoms with Crippen LogP contribution in [-0.2, 0) is 9.59 Å². The summed E-state index contributed by atoms with van der Waals surface area (Å²) in [6, 6.07) is 21.4. The highest BCUT2D eigenvalue weighted by Gasteiger charge is 2.23. The molecule has 0 aromatic heterocycles. The molecule has 30 heavy (non-hydrogen) atoms. The van der Waals surface area contributed by atoms with Crippen molar-refractivity contribution < 1.29 is 19.1 Å². The molecule has 0 bridgehead atoms. The zero-order valence-corrected chi connectivity index (χ0v) is 17.3. The van der Waals surface area contributed by atoms with Crippen molar-refractivity contribution in [1.29, 1.82) is 0 Å². The third kappa shape index (κ3) is 4.90. The molecule has 0 heterocycles. The van der Waals surface area contributed by atoms with Gasteiger partial charge in [-0.25, -0.2) is 0 Å². The van der Waals surface area contributed by atoms with Crippen LogP contribution in [0.3, 0.4) is 0 Å². The van der Waals surface area contributed by atoms with Gasteiger partial charge in [0.05, 0.1) is 31.0 Å². The van der Waals surface area contributed by atoms with Crippen LogP contribution in [0.25, 0.3) is 0 Å². The molecule has 154 valence electrons. The van der Waals surface area contributed by atoms with E-state index in [1.807, 2.05) is 60.7 Å². The number of carbonyl (C=O) groups is 2. The second kappa shape index (κ2) is 9.80. The van der Waals surface area contributed by atoms with Gasteiger partial charge in [-0.05, 0) is 11.1 Å². The Morgan fingerprint density at radius 3 is 1.83 bits per heavy atom. The van der Waals surface area contributed by atoms with Crippen molar-refractivity contribution in [3.8, 4) is 11.5 Å². The summed E-state index contributed by atoms with van der Waals surface area (Å²) in [5.41, 5.74) is 1.99. The van der Waals surface area contributed by atoms with E-state index in [4.69, 9.17) is 21.1 Å². The first-order chi connectivity index (χ1) is 14.5. The average molecular weight is 425 g/mol. The van der Waals surface area contributed by atoms with Crippen LogP contribution < -0.4 is 20.1 Å². The van der Waals surface area contributed by atoms with Crippen molar-refractivity contribution in [2.75, 3.05) is 19.5 Å². The predicted molar refractivity (Wildman–Crippen MR) is 116 cm³/mol. The molecule has 7 heteroatoms. The van der Waals surface area contributed by atoms with E-state index in [1.54, 1.807) is 0 Å². The zero-order valence-electron chi connectivity index (χ0n) is 16.5. The second-order valence-electron chi connectivity index (χ2n) is 6.37. The lowest BCUT2D eigenvalue weighted by molar-refractivity contribution is -0.136. The maximum absolute atomic E-state index is 12.7. The van der Waals surface area contributed by atoms with Gasteiger partial charge in [0.1, 0.15) is 11.5 Å². The number of carbonyl (C=O) groups excluding carboxylic acids is 2. The van der Waals surface area contributed by atoms with Crippen LogP contribution >= 0.6 is 11.6 Å². The summed E-state index contributed by atoms with van der Waals surface area (Å²) < 4.78 is 10.4. The first-order valence-corrected chi connectivity index (χ1v) is 9.54. The molecule has 0 aliphatic heterocycles. The van der Waals surface area contributed by atoms with Gasteiger partial charge in [-0.2, -0.15) is 0 Å². The molecule has 0 saturated carbocycles. The molecule has 3 aromatic carbocycles. The third-order valence-corrected chi connectivity index (χ3v) is 4.76. The lowest BCUT2D eigenvalue weighted by Gasteiger charge is -2.20. The van der Waals surface area contributed by atoms with E-state index < -0.39 is 17.9 Å². The van der Waals surface area contributed by atoms with Gasteiger partial charge in [-0.3, -0.25) is 9.59 Å². The Morgan fingerprint density at radius 2 is 1.33 bits per heavy atom. The smallest absolute Gasteiger partial charge is 0.313 e. The summed E-state index contributed by atoms with van der Waals surface area (Å²) >= 11 is 6.09. The van der Waals surface area contributed by atoms with Crippen LogP contribution in [0.2, 0.25) is 5.02 Å². The Labute approximate surface area is 179 Å². The van der Waals surface area contributed by atoms with E-state index in [2.05, 4.69) is 10.6 Å². The molecule has 0 fully saturated rings. The van der Waals surface area contributed by atoms with E-state index in [0.29, 0.717) is 16.5 Å². The highest BCUT2D eigenvalue weighted by molar-refractivity contribution is 6.40. The van der Waals surface area contributed by atoms with Gasteiger partial charge in [-0.1, -0.05) is 72.3 Å². The molecule has 0 aliphatic rings. The first kappa shape index (κ1) is 21.2. The number of amides is 2. The molecule has 0 unspecified atom stereocenters. The van der Waals surface area contributed by atoms with Crippen molar-refractivity contribution in [3.05, 3.63) is 88.9 Å². The van der Waals surface area contributed by atoms with Crippen molar-refractivity contribution in [1.82, 2.24) is 5.32 Å². The van der Waals surface area contributed by atoms with Crippen molar-refractivity contribution in [3.63, 3.8) is 0 Å². The van der Waals surface area contributed by atoms with Crippen LogP contribution in [0.5, 0.6) is 11.5 Å². The van der Waals surface area contributed by atoms with Crippen LogP contribution in [0.1, 0.15) is 17.2 Å². The summed E-state index contributed by atoms with van der Waals surface area (Å²) in [4.78, 5) is 25.3. The molecule has 3 aromatic rings. The van der Waals surface area contributed by atoms with Crippen LogP contribution in [0.4, 0.5) is 5.69 Å². The van der Waals surface area contributed by atoms with Crippen LogP contribution in [0.15, 0.2) is 72.8 Å². The maximum atomic E-state index is 12.7. The molecule has 2 N–H and O–H groups in total. The minimum absolute atomic E-state index is 0.273. The Morgan fingerprint density at radius 1 is 0.800 bits per heavy atom. The molecule has 0 atom stereocenters. The molecule has 0 radical (unpaired) electrons. The summed E-state index contributed by atoms with van der Waals surface area (Å²) in [7, 11) is 2.89. The second-order valence-corrected chi connectivity index (χ2v) is 6.78. The van der Waals surface area contributed by atoms with Gasteiger partial charge in [0, 0.05) is 12.1 Å². The first-order valence-electron chi connectivity index (χ1n) is 9.16.